The lowest BCUT2D eigenvalue weighted by molar-refractivity contribution is -0.153. The van der Waals surface area contributed by atoms with Crippen molar-refractivity contribution in [3.05, 3.63) is 34.3 Å². The van der Waals surface area contributed by atoms with Gasteiger partial charge in [0.25, 0.3) is 0 Å². The van der Waals surface area contributed by atoms with Gasteiger partial charge in [0, 0.05) is 63.7 Å². The number of rotatable bonds is 9. The fraction of sp³-hybridized carbons (Fsp3) is 0.676. The van der Waals surface area contributed by atoms with Crippen LogP contribution >= 0.6 is 11.6 Å². The molecule has 2 aliphatic heterocycles. The van der Waals surface area contributed by atoms with Crippen molar-refractivity contribution in [3.63, 3.8) is 0 Å². The summed E-state index contributed by atoms with van der Waals surface area (Å²) in [4.78, 5) is 78.5. The smallest absolute Gasteiger partial charge is 0.410 e. The maximum atomic E-state index is 13.5. The summed E-state index contributed by atoms with van der Waals surface area (Å²) in [6.45, 7) is 14.2. The van der Waals surface area contributed by atoms with E-state index < -0.39 is 41.2 Å². The van der Waals surface area contributed by atoms with Gasteiger partial charge in [0.15, 0.2) is 5.78 Å². The van der Waals surface area contributed by atoms with Crippen LogP contribution in [0.5, 0.6) is 0 Å². The Kier molecular flexibility index (Phi) is 14.9. The summed E-state index contributed by atoms with van der Waals surface area (Å²) in [6.07, 6.45) is 1.88. The molecular formula is C37H54ClN3O10. The fourth-order valence-electron chi connectivity index (χ4n) is 5.60. The molecule has 0 bridgehead atoms. The first-order valence-electron chi connectivity index (χ1n) is 17.6. The van der Waals surface area contributed by atoms with Crippen LogP contribution in [0.2, 0.25) is 5.02 Å². The van der Waals surface area contributed by atoms with Crippen molar-refractivity contribution in [2.75, 3.05) is 46.5 Å². The van der Waals surface area contributed by atoms with Crippen molar-refractivity contribution in [2.45, 2.75) is 104 Å². The monoisotopic (exact) mass is 735 g/mol. The molecule has 2 atom stereocenters. The number of carbonyl (C=O) groups is 6. The van der Waals surface area contributed by atoms with E-state index in [0.29, 0.717) is 18.2 Å². The maximum absolute atomic E-state index is 13.5. The van der Waals surface area contributed by atoms with Crippen LogP contribution in [0.3, 0.4) is 0 Å². The third-order valence-electron chi connectivity index (χ3n) is 8.33. The molecule has 13 nitrogen and oxygen atoms in total. The van der Waals surface area contributed by atoms with Crippen LogP contribution in [0.15, 0.2) is 18.2 Å². The second kappa shape index (κ2) is 18.2. The van der Waals surface area contributed by atoms with E-state index in [1.165, 1.54) is 9.80 Å². The number of ketones is 2. The van der Waals surface area contributed by atoms with E-state index in [1.807, 2.05) is 18.2 Å². The Balaban J connectivity index is 0.000000316. The molecule has 0 N–H and O–H groups in total. The lowest BCUT2D eigenvalue weighted by Crippen LogP contribution is -2.52. The van der Waals surface area contributed by atoms with Crippen molar-refractivity contribution in [3.8, 4) is 0 Å². The van der Waals surface area contributed by atoms with E-state index in [4.69, 9.17) is 30.5 Å². The molecule has 14 heteroatoms. The Morgan fingerprint density at radius 3 is 1.88 bits per heavy atom. The van der Waals surface area contributed by atoms with Crippen molar-refractivity contribution in [1.82, 2.24) is 14.7 Å². The predicted octanol–water partition coefficient (Wildman–Crippen LogP) is 5.22. The molecule has 1 aromatic rings. The van der Waals surface area contributed by atoms with Gasteiger partial charge >= 0.3 is 18.2 Å². The number of halogens is 1. The number of likely N-dealkylation sites (tertiary alicyclic amines) is 2. The predicted molar refractivity (Wildman–Crippen MR) is 189 cm³/mol. The van der Waals surface area contributed by atoms with Gasteiger partial charge in [-0.05, 0) is 84.9 Å². The number of benzene rings is 1. The van der Waals surface area contributed by atoms with Crippen LogP contribution in [0.1, 0.15) is 85.3 Å². The van der Waals surface area contributed by atoms with Gasteiger partial charge in [-0.2, -0.15) is 0 Å². The molecule has 1 saturated carbocycles. The number of Topliss-reactive ketones (excluding diaryl/α,β-unsaturated/α-hetero) is 2. The molecule has 3 aliphatic rings. The minimum atomic E-state index is -0.888. The van der Waals surface area contributed by atoms with Crippen molar-refractivity contribution < 1.29 is 47.7 Å². The highest BCUT2D eigenvalue weighted by Crippen LogP contribution is 2.33. The summed E-state index contributed by atoms with van der Waals surface area (Å²) >= 11 is 6.44. The van der Waals surface area contributed by atoms with E-state index in [2.05, 4.69) is 0 Å². The summed E-state index contributed by atoms with van der Waals surface area (Å²) in [5.74, 6) is -2.86. The van der Waals surface area contributed by atoms with Gasteiger partial charge in [-0.1, -0.05) is 23.7 Å². The molecule has 1 aliphatic carbocycles. The Labute approximate surface area is 306 Å². The van der Waals surface area contributed by atoms with Crippen molar-refractivity contribution in [1.29, 1.82) is 0 Å². The summed E-state index contributed by atoms with van der Waals surface area (Å²) in [6, 6.07) is 5.90. The summed E-state index contributed by atoms with van der Waals surface area (Å²) in [5, 5.41) is 0.593. The second-order valence-electron chi connectivity index (χ2n) is 15.0. The highest BCUT2D eigenvalue weighted by molar-refractivity contribution is 6.31. The van der Waals surface area contributed by atoms with Crippen molar-refractivity contribution in [2.24, 2.45) is 11.8 Å². The first-order valence-corrected chi connectivity index (χ1v) is 18.0. The van der Waals surface area contributed by atoms with Crippen LogP contribution in [0, 0.1) is 11.8 Å². The molecule has 2 unspecified atom stereocenters. The summed E-state index contributed by atoms with van der Waals surface area (Å²) < 4.78 is 20.7. The van der Waals surface area contributed by atoms with E-state index in [9.17, 15) is 28.8 Å². The minimum absolute atomic E-state index is 0.0343. The number of hydrogen-bond acceptors (Lipinski definition) is 10. The van der Waals surface area contributed by atoms with E-state index in [-0.39, 0.29) is 69.1 Å². The number of methoxy groups -OCH3 is 1. The topological polar surface area (TPSA) is 149 Å². The first kappa shape index (κ1) is 41.7. The van der Waals surface area contributed by atoms with Crippen molar-refractivity contribution >= 4 is 47.2 Å². The molecule has 0 spiro atoms. The van der Waals surface area contributed by atoms with Crippen LogP contribution in [-0.4, -0.2) is 114 Å². The Bertz CT molecular complexity index is 1430. The normalized spacial score (nSPS) is 19.5. The number of ether oxygens (including phenoxy) is 4. The van der Waals surface area contributed by atoms with Crippen LogP contribution in [0.4, 0.5) is 9.59 Å². The molecule has 284 valence electrons. The van der Waals surface area contributed by atoms with E-state index in [1.54, 1.807) is 60.5 Å². The molecule has 2 heterocycles. The molecule has 3 fully saturated rings. The van der Waals surface area contributed by atoms with Gasteiger partial charge in [0.05, 0.1) is 13.2 Å². The SMILES string of the molecule is CCOC(=O)C1CN(C(=O)OC(C)(C)C)CCC1=O.COCCc1ccc(Cl)c(CN(C(=O)C2CN(C(=O)OC(C)(C)C)CCC2=O)C2CC2)c1. The molecule has 4 rings (SSSR count). The lowest BCUT2D eigenvalue weighted by atomic mass is 9.94. The fourth-order valence-corrected chi connectivity index (χ4v) is 5.77. The average molecular weight is 736 g/mol. The molecule has 2 saturated heterocycles. The molecule has 1 aromatic carbocycles. The number of amides is 3. The summed E-state index contributed by atoms with van der Waals surface area (Å²) in [5.41, 5.74) is 0.702. The molecule has 3 amide bonds. The van der Waals surface area contributed by atoms with Gasteiger partial charge in [-0.3, -0.25) is 19.2 Å². The number of piperidine rings is 2. The number of hydrogen-bond donors (Lipinski definition) is 0. The Morgan fingerprint density at radius 2 is 1.39 bits per heavy atom. The Morgan fingerprint density at radius 1 is 0.863 bits per heavy atom. The minimum Gasteiger partial charge on any atom is -0.465 e. The zero-order chi connectivity index (χ0) is 38.1. The largest absolute Gasteiger partial charge is 0.465 e. The first-order chi connectivity index (χ1) is 23.8. The third kappa shape index (κ3) is 13.1. The van der Waals surface area contributed by atoms with Crippen LogP contribution < -0.4 is 0 Å². The van der Waals surface area contributed by atoms with Gasteiger partial charge in [0.1, 0.15) is 28.8 Å². The zero-order valence-corrected chi connectivity index (χ0v) is 32.0. The van der Waals surface area contributed by atoms with E-state index in [0.717, 1.165) is 30.4 Å². The summed E-state index contributed by atoms with van der Waals surface area (Å²) in [7, 11) is 1.66. The van der Waals surface area contributed by atoms with Gasteiger partial charge < -0.3 is 33.6 Å². The molecule has 0 aromatic heterocycles. The molecule has 0 radical (unpaired) electrons. The van der Waals surface area contributed by atoms with Gasteiger partial charge in [0.2, 0.25) is 5.91 Å². The standard InChI is InChI=1S/C24H33ClN2O5.C13H21NO5/c1-24(2,3)32-23(30)26-11-9-21(28)19(15-26)22(29)27(18-6-7-18)14-17-13-16(10-12-31-4)5-8-20(17)25;1-5-18-11(16)9-8-14(7-6-10(9)15)12(17)19-13(2,3)4/h5,8,13,18-19H,6-7,9-12,14-15H2,1-4H3;9H,5-8H2,1-4H3. The molecular weight excluding hydrogens is 682 g/mol. The van der Waals surface area contributed by atoms with E-state index >= 15 is 0 Å². The number of nitrogens with zero attached hydrogens (tertiary/aromatic N) is 3. The average Bonchev–Trinajstić information content (AvgIpc) is 3.88. The maximum Gasteiger partial charge on any atom is 0.410 e. The Hall–Kier alpha value is -3.71. The molecule has 51 heavy (non-hydrogen) atoms. The second-order valence-corrected chi connectivity index (χ2v) is 15.4. The van der Waals surface area contributed by atoms with Crippen LogP contribution in [-0.2, 0) is 51.1 Å². The highest BCUT2D eigenvalue weighted by atomic mass is 35.5. The number of carbonyl (C=O) groups excluding carboxylic acids is 6. The lowest BCUT2D eigenvalue weighted by Gasteiger charge is -2.35. The third-order valence-corrected chi connectivity index (χ3v) is 8.70. The quantitative estimate of drug-likeness (QED) is 0.188. The van der Waals surface area contributed by atoms with Crippen LogP contribution in [0.25, 0.3) is 0 Å². The number of esters is 1. The van der Waals surface area contributed by atoms with Gasteiger partial charge in [-0.15, -0.1) is 0 Å². The van der Waals surface area contributed by atoms with Gasteiger partial charge in [-0.25, -0.2) is 9.59 Å². The zero-order valence-electron chi connectivity index (χ0n) is 31.3. The highest BCUT2D eigenvalue weighted by Gasteiger charge is 2.42.